The molecule has 0 unspecified atom stereocenters. The number of carboxylic acids is 1. The van der Waals surface area contributed by atoms with Crippen LogP contribution in [0.2, 0.25) is 0 Å². The lowest BCUT2D eigenvalue weighted by Gasteiger charge is -2.11. The van der Waals surface area contributed by atoms with Gasteiger partial charge in [0.1, 0.15) is 5.82 Å². The zero-order valence-corrected chi connectivity index (χ0v) is 13.2. The number of aryl methyl sites for hydroxylation is 2. The van der Waals surface area contributed by atoms with Gasteiger partial charge in [0.05, 0.1) is 22.3 Å². The second kappa shape index (κ2) is 5.00. The van der Waals surface area contributed by atoms with E-state index in [0.717, 1.165) is 32.6 Å². The average Bonchev–Trinajstić information content (AvgIpc) is 2.76. The van der Waals surface area contributed by atoms with E-state index < -0.39 is 5.97 Å². The van der Waals surface area contributed by atoms with Crippen LogP contribution in [-0.2, 0) is 0 Å². The Kier molecular flexibility index (Phi) is 3.29. The molecule has 0 saturated heterocycles. The summed E-state index contributed by atoms with van der Waals surface area (Å²) in [5.41, 5.74) is 3.94. The van der Waals surface area contributed by atoms with Crippen LogP contribution in [0, 0.1) is 13.8 Å². The van der Waals surface area contributed by atoms with Crippen molar-refractivity contribution in [2.24, 2.45) is 0 Å². The largest absolute Gasteiger partial charge is 0.478 e. The average molecular weight is 345 g/mol. The predicted molar refractivity (Wildman–Crippen MR) is 85.2 cm³/mol. The maximum Gasteiger partial charge on any atom is 0.335 e. The van der Waals surface area contributed by atoms with Gasteiger partial charge in [0.25, 0.3) is 0 Å². The summed E-state index contributed by atoms with van der Waals surface area (Å²) in [6.07, 6.45) is 0. The number of rotatable bonds is 2. The molecule has 2 aromatic carbocycles. The summed E-state index contributed by atoms with van der Waals surface area (Å²) in [7, 11) is 0. The van der Waals surface area contributed by atoms with E-state index in [2.05, 4.69) is 20.9 Å². The van der Waals surface area contributed by atoms with Gasteiger partial charge in [0, 0.05) is 4.47 Å². The molecule has 0 saturated carbocycles. The number of fused-ring (bicyclic) bond motifs is 1. The monoisotopic (exact) mass is 344 g/mol. The molecule has 0 aliphatic rings. The first-order valence-electron chi connectivity index (χ1n) is 6.46. The van der Waals surface area contributed by atoms with Gasteiger partial charge in [-0.05, 0) is 49.7 Å². The number of halogens is 1. The molecule has 4 nitrogen and oxygen atoms in total. The fraction of sp³-hybridized carbons (Fsp3) is 0.125. The molecule has 5 heteroatoms. The van der Waals surface area contributed by atoms with E-state index in [-0.39, 0.29) is 5.56 Å². The highest BCUT2D eigenvalue weighted by Gasteiger charge is 2.13. The molecule has 0 spiro atoms. The van der Waals surface area contributed by atoms with Crippen molar-refractivity contribution in [2.45, 2.75) is 13.8 Å². The zero-order chi connectivity index (χ0) is 15.1. The molecular weight excluding hydrogens is 332 g/mol. The number of carbonyl (C=O) groups is 1. The Labute approximate surface area is 130 Å². The van der Waals surface area contributed by atoms with Crippen molar-refractivity contribution < 1.29 is 9.90 Å². The van der Waals surface area contributed by atoms with Crippen molar-refractivity contribution in [3.05, 3.63) is 57.8 Å². The standard InChI is InChI=1S/C16H13BrN2O2/c1-9-3-5-12(17)8-14(9)19-10(2)18-13-6-4-11(16(20)21)7-15(13)19/h3-8H,1-2H3,(H,20,21). The number of hydrogen-bond acceptors (Lipinski definition) is 2. The highest BCUT2D eigenvalue weighted by molar-refractivity contribution is 9.10. The van der Waals surface area contributed by atoms with Crippen LogP contribution in [0.1, 0.15) is 21.7 Å². The van der Waals surface area contributed by atoms with Crippen molar-refractivity contribution in [3.8, 4) is 5.69 Å². The number of carboxylic acid groups (broad SMARTS) is 1. The van der Waals surface area contributed by atoms with Gasteiger partial charge in [0.2, 0.25) is 0 Å². The van der Waals surface area contributed by atoms with Crippen molar-refractivity contribution >= 4 is 32.9 Å². The van der Waals surface area contributed by atoms with Gasteiger partial charge in [-0.15, -0.1) is 0 Å². The second-order valence-electron chi connectivity index (χ2n) is 4.93. The summed E-state index contributed by atoms with van der Waals surface area (Å²) in [5.74, 6) is -0.109. The molecule has 3 aromatic rings. The molecule has 106 valence electrons. The topological polar surface area (TPSA) is 55.1 Å². The molecular formula is C16H13BrN2O2. The van der Waals surface area contributed by atoms with Crippen LogP contribution >= 0.6 is 15.9 Å². The fourth-order valence-electron chi connectivity index (χ4n) is 2.46. The van der Waals surface area contributed by atoms with Gasteiger partial charge < -0.3 is 5.11 Å². The lowest BCUT2D eigenvalue weighted by molar-refractivity contribution is 0.0697. The van der Waals surface area contributed by atoms with Crippen LogP contribution in [0.5, 0.6) is 0 Å². The van der Waals surface area contributed by atoms with Crippen molar-refractivity contribution in [1.82, 2.24) is 9.55 Å². The minimum Gasteiger partial charge on any atom is -0.478 e. The first kappa shape index (κ1) is 13.8. The van der Waals surface area contributed by atoms with E-state index in [0.29, 0.717) is 0 Å². The zero-order valence-electron chi connectivity index (χ0n) is 11.6. The van der Waals surface area contributed by atoms with Crippen molar-refractivity contribution in [3.63, 3.8) is 0 Å². The molecule has 0 aliphatic heterocycles. The molecule has 0 bridgehead atoms. The molecule has 1 N–H and O–H groups in total. The Bertz CT molecular complexity index is 868. The van der Waals surface area contributed by atoms with Crippen LogP contribution in [-0.4, -0.2) is 20.6 Å². The number of aromatic nitrogens is 2. The minimum absolute atomic E-state index is 0.260. The molecule has 0 amide bonds. The molecule has 1 heterocycles. The van der Waals surface area contributed by atoms with Gasteiger partial charge >= 0.3 is 5.97 Å². The van der Waals surface area contributed by atoms with E-state index in [4.69, 9.17) is 0 Å². The van der Waals surface area contributed by atoms with Crippen LogP contribution in [0.15, 0.2) is 40.9 Å². The van der Waals surface area contributed by atoms with Gasteiger partial charge in [0.15, 0.2) is 0 Å². The minimum atomic E-state index is -0.937. The van der Waals surface area contributed by atoms with E-state index >= 15 is 0 Å². The predicted octanol–water partition coefficient (Wildman–Crippen LogP) is 4.10. The summed E-state index contributed by atoms with van der Waals surface area (Å²) in [6.45, 7) is 3.94. The SMILES string of the molecule is Cc1ccc(Br)cc1-n1c(C)nc2ccc(C(=O)O)cc21. The number of imidazole rings is 1. The Hall–Kier alpha value is -2.14. The lowest BCUT2D eigenvalue weighted by Crippen LogP contribution is -2.01. The maximum absolute atomic E-state index is 11.2. The normalized spacial score (nSPS) is 11.0. The third-order valence-corrected chi connectivity index (χ3v) is 3.97. The number of aromatic carboxylic acids is 1. The molecule has 21 heavy (non-hydrogen) atoms. The Morgan fingerprint density at radius 1 is 1.19 bits per heavy atom. The molecule has 0 radical (unpaired) electrons. The molecule has 0 aliphatic carbocycles. The summed E-state index contributed by atoms with van der Waals surface area (Å²) >= 11 is 3.48. The lowest BCUT2D eigenvalue weighted by atomic mass is 10.1. The summed E-state index contributed by atoms with van der Waals surface area (Å²) in [5, 5.41) is 9.17. The number of benzene rings is 2. The van der Waals surface area contributed by atoms with Gasteiger partial charge in [-0.2, -0.15) is 0 Å². The first-order chi connectivity index (χ1) is 9.97. The first-order valence-corrected chi connectivity index (χ1v) is 7.25. The van der Waals surface area contributed by atoms with Crippen molar-refractivity contribution in [1.29, 1.82) is 0 Å². The van der Waals surface area contributed by atoms with E-state index in [1.165, 1.54) is 0 Å². The van der Waals surface area contributed by atoms with Crippen LogP contribution < -0.4 is 0 Å². The summed E-state index contributed by atoms with van der Waals surface area (Å²) < 4.78 is 2.96. The Morgan fingerprint density at radius 2 is 1.95 bits per heavy atom. The summed E-state index contributed by atoms with van der Waals surface area (Å²) in [6, 6.07) is 11.0. The summed E-state index contributed by atoms with van der Waals surface area (Å²) in [4.78, 5) is 15.7. The van der Waals surface area contributed by atoms with E-state index in [9.17, 15) is 9.90 Å². The van der Waals surface area contributed by atoms with Crippen LogP contribution in [0.25, 0.3) is 16.7 Å². The Balaban J connectivity index is 2.35. The number of hydrogen-bond donors (Lipinski definition) is 1. The Morgan fingerprint density at radius 3 is 2.67 bits per heavy atom. The third-order valence-electron chi connectivity index (χ3n) is 3.48. The molecule has 0 atom stereocenters. The quantitative estimate of drug-likeness (QED) is 0.761. The van der Waals surface area contributed by atoms with Crippen molar-refractivity contribution in [2.75, 3.05) is 0 Å². The van der Waals surface area contributed by atoms with Gasteiger partial charge in [-0.25, -0.2) is 9.78 Å². The third kappa shape index (κ3) is 2.34. The van der Waals surface area contributed by atoms with Crippen LogP contribution in [0.3, 0.4) is 0 Å². The van der Waals surface area contributed by atoms with Crippen LogP contribution in [0.4, 0.5) is 0 Å². The highest BCUT2D eigenvalue weighted by Crippen LogP contribution is 2.26. The van der Waals surface area contributed by atoms with E-state index in [1.54, 1.807) is 18.2 Å². The molecule has 1 aromatic heterocycles. The van der Waals surface area contributed by atoms with Gasteiger partial charge in [-0.1, -0.05) is 22.0 Å². The highest BCUT2D eigenvalue weighted by atomic mass is 79.9. The van der Waals surface area contributed by atoms with E-state index in [1.807, 2.05) is 36.6 Å². The van der Waals surface area contributed by atoms with Gasteiger partial charge in [-0.3, -0.25) is 4.57 Å². The molecule has 0 fully saturated rings. The maximum atomic E-state index is 11.2. The molecule has 3 rings (SSSR count). The fourth-order valence-corrected chi connectivity index (χ4v) is 2.81. The number of nitrogens with zero attached hydrogens (tertiary/aromatic N) is 2. The second-order valence-corrected chi connectivity index (χ2v) is 5.85. The smallest absolute Gasteiger partial charge is 0.335 e.